The Labute approximate surface area is 111 Å². The third-order valence-electron chi connectivity index (χ3n) is 2.85. The fourth-order valence-corrected chi connectivity index (χ4v) is 1.63. The SMILES string of the molecule is CC(C)C(CO)NCC(O)Cn1cc([N+](=O)[O-])cn1. The summed E-state index contributed by atoms with van der Waals surface area (Å²) >= 11 is 0. The number of hydrogen-bond donors (Lipinski definition) is 3. The molecule has 1 heterocycles. The van der Waals surface area contributed by atoms with E-state index >= 15 is 0 Å². The van der Waals surface area contributed by atoms with Crippen molar-refractivity contribution in [3.8, 4) is 0 Å². The highest BCUT2D eigenvalue weighted by molar-refractivity contribution is 5.20. The molecule has 1 rings (SSSR count). The van der Waals surface area contributed by atoms with Crippen molar-refractivity contribution in [1.29, 1.82) is 0 Å². The lowest BCUT2D eigenvalue weighted by Gasteiger charge is -2.21. The van der Waals surface area contributed by atoms with E-state index in [9.17, 15) is 15.2 Å². The van der Waals surface area contributed by atoms with Crippen molar-refractivity contribution in [2.45, 2.75) is 32.5 Å². The van der Waals surface area contributed by atoms with Crippen molar-refractivity contribution in [3.63, 3.8) is 0 Å². The highest BCUT2D eigenvalue weighted by Crippen LogP contribution is 2.08. The summed E-state index contributed by atoms with van der Waals surface area (Å²) in [5.41, 5.74) is -0.101. The van der Waals surface area contributed by atoms with Gasteiger partial charge in [0.25, 0.3) is 0 Å². The Balaban J connectivity index is 2.41. The molecule has 3 N–H and O–H groups in total. The van der Waals surface area contributed by atoms with Gasteiger partial charge in [-0.25, -0.2) is 0 Å². The van der Waals surface area contributed by atoms with Crippen molar-refractivity contribution in [2.24, 2.45) is 5.92 Å². The van der Waals surface area contributed by atoms with Crippen LogP contribution in [0.2, 0.25) is 0 Å². The monoisotopic (exact) mass is 272 g/mol. The Bertz CT molecular complexity index is 407. The van der Waals surface area contributed by atoms with Crippen molar-refractivity contribution in [3.05, 3.63) is 22.5 Å². The van der Waals surface area contributed by atoms with Gasteiger partial charge in [-0.2, -0.15) is 5.10 Å². The molecule has 1 aromatic rings. The van der Waals surface area contributed by atoms with Gasteiger partial charge < -0.3 is 15.5 Å². The van der Waals surface area contributed by atoms with Crippen LogP contribution in [0.25, 0.3) is 0 Å². The quantitative estimate of drug-likeness (QED) is 0.444. The molecule has 8 nitrogen and oxygen atoms in total. The molecule has 8 heteroatoms. The average Bonchev–Trinajstić information content (AvgIpc) is 2.78. The van der Waals surface area contributed by atoms with Crippen LogP contribution in [-0.4, -0.2) is 50.2 Å². The van der Waals surface area contributed by atoms with E-state index in [4.69, 9.17) is 5.11 Å². The van der Waals surface area contributed by atoms with Gasteiger partial charge in [-0.05, 0) is 5.92 Å². The third-order valence-corrected chi connectivity index (χ3v) is 2.85. The molecule has 1 aromatic heterocycles. The second-order valence-corrected chi connectivity index (χ2v) is 4.77. The minimum atomic E-state index is -0.729. The molecular weight excluding hydrogens is 252 g/mol. The van der Waals surface area contributed by atoms with Gasteiger partial charge in [-0.1, -0.05) is 13.8 Å². The molecule has 0 aliphatic rings. The summed E-state index contributed by atoms with van der Waals surface area (Å²) in [4.78, 5) is 9.95. The molecule has 2 unspecified atom stereocenters. The van der Waals surface area contributed by atoms with Crippen molar-refractivity contribution < 1.29 is 15.1 Å². The Hall–Kier alpha value is -1.51. The van der Waals surface area contributed by atoms with Gasteiger partial charge in [0.2, 0.25) is 0 Å². The van der Waals surface area contributed by atoms with Gasteiger partial charge in [0, 0.05) is 12.6 Å². The van der Waals surface area contributed by atoms with Crippen molar-refractivity contribution in [2.75, 3.05) is 13.2 Å². The maximum absolute atomic E-state index is 10.5. The van der Waals surface area contributed by atoms with E-state index in [-0.39, 0.29) is 37.3 Å². The van der Waals surface area contributed by atoms with Gasteiger partial charge in [0.05, 0.1) is 24.2 Å². The van der Waals surface area contributed by atoms with Gasteiger partial charge in [-0.15, -0.1) is 0 Å². The topological polar surface area (TPSA) is 113 Å². The van der Waals surface area contributed by atoms with Crippen molar-refractivity contribution >= 4 is 5.69 Å². The van der Waals surface area contributed by atoms with Crippen LogP contribution in [-0.2, 0) is 6.54 Å². The molecule has 0 saturated heterocycles. The second kappa shape index (κ2) is 7.17. The van der Waals surface area contributed by atoms with Crippen LogP contribution in [0.1, 0.15) is 13.8 Å². The predicted octanol–water partition coefficient (Wildman–Crippen LogP) is -0.241. The summed E-state index contributed by atoms with van der Waals surface area (Å²) in [6, 6.07) is -0.0818. The first-order chi connectivity index (χ1) is 8.93. The summed E-state index contributed by atoms with van der Waals surface area (Å²) in [6.45, 7) is 4.39. The number of aromatic nitrogens is 2. The van der Waals surface area contributed by atoms with E-state index in [1.165, 1.54) is 10.9 Å². The number of rotatable bonds is 8. The molecule has 0 saturated carbocycles. The Morgan fingerprint density at radius 1 is 1.58 bits per heavy atom. The molecule has 0 aliphatic heterocycles. The fourth-order valence-electron chi connectivity index (χ4n) is 1.63. The summed E-state index contributed by atoms with van der Waals surface area (Å²) in [5.74, 6) is 0.253. The molecule has 0 amide bonds. The van der Waals surface area contributed by atoms with Crippen LogP contribution in [0.15, 0.2) is 12.4 Å². The maximum atomic E-state index is 10.5. The Morgan fingerprint density at radius 3 is 2.74 bits per heavy atom. The Morgan fingerprint density at radius 2 is 2.26 bits per heavy atom. The van der Waals surface area contributed by atoms with Crippen LogP contribution in [0.5, 0.6) is 0 Å². The highest BCUT2D eigenvalue weighted by atomic mass is 16.6. The lowest BCUT2D eigenvalue weighted by Crippen LogP contribution is -2.42. The molecule has 0 bridgehead atoms. The summed E-state index contributed by atoms with van der Waals surface area (Å²) in [6.07, 6.45) is 1.69. The molecule has 2 atom stereocenters. The number of nitro groups is 1. The third kappa shape index (κ3) is 4.93. The number of nitrogens with one attached hydrogen (secondary N) is 1. The lowest BCUT2D eigenvalue weighted by atomic mass is 10.1. The van der Waals surface area contributed by atoms with Crippen molar-refractivity contribution in [1.82, 2.24) is 15.1 Å². The molecule has 0 spiro atoms. The molecule has 108 valence electrons. The van der Waals surface area contributed by atoms with E-state index in [0.29, 0.717) is 0 Å². The second-order valence-electron chi connectivity index (χ2n) is 4.77. The molecule has 19 heavy (non-hydrogen) atoms. The van der Waals surface area contributed by atoms with E-state index in [0.717, 1.165) is 6.20 Å². The summed E-state index contributed by atoms with van der Waals surface area (Å²) in [7, 11) is 0. The first-order valence-corrected chi connectivity index (χ1v) is 6.13. The summed E-state index contributed by atoms with van der Waals surface area (Å²) in [5, 5.41) is 36.2. The van der Waals surface area contributed by atoms with E-state index in [1.807, 2.05) is 13.8 Å². The van der Waals surface area contributed by atoms with E-state index in [1.54, 1.807) is 0 Å². The van der Waals surface area contributed by atoms with Crippen LogP contribution < -0.4 is 5.32 Å². The zero-order valence-corrected chi connectivity index (χ0v) is 11.1. The summed E-state index contributed by atoms with van der Waals surface area (Å²) < 4.78 is 1.33. The van der Waals surface area contributed by atoms with Gasteiger partial charge >= 0.3 is 5.69 Å². The maximum Gasteiger partial charge on any atom is 0.306 e. The van der Waals surface area contributed by atoms with Gasteiger partial charge in [0.15, 0.2) is 0 Å². The van der Waals surface area contributed by atoms with E-state index < -0.39 is 11.0 Å². The first kappa shape index (κ1) is 15.5. The molecule has 0 radical (unpaired) electrons. The number of nitrogens with zero attached hydrogens (tertiary/aromatic N) is 3. The number of aliphatic hydroxyl groups excluding tert-OH is 2. The molecule has 0 aromatic carbocycles. The number of hydrogen-bond acceptors (Lipinski definition) is 6. The lowest BCUT2D eigenvalue weighted by molar-refractivity contribution is -0.385. The van der Waals surface area contributed by atoms with Gasteiger partial charge in [0.1, 0.15) is 12.4 Å². The molecule has 0 fully saturated rings. The first-order valence-electron chi connectivity index (χ1n) is 6.13. The van der Waals surface area contributed by atoms with E-state index in [2.05, 4.69) is 10.4 Å². The normalized spacial score (nSPS) is 14.6. The van der Waals surface area contributed by atoms with Crippen LogP contribution in [0.4, 0.5) is 5.69 Å². The highest BCUT2D eigenvalue weighted by Gasteiger charge is 2.15. The van der Waals surface area contributed by atoms with Crippen LogP contribution in [0, 0.1) is 16.0 Å². The minimum Gasteiger partial charge on any atom is -0.395 e. The zero-order valence-electron chi connectivity index (χ0n) is 11.1. The largest absolute Gasteiger partial charge is 0.395 e. The molecular formula is C11H20N4O4. The standard InChI is InChI=1S/C11H20N4O4/c1-8(2)11(7-16)12-4-10(17)6-14-5-9(3-13-14)15(18)19/h3,5,8,10-12,16-17H,4,6-7H2,1-2H3. The predicted molar refractivity (Wildman–Crippen MR) is 68.6 cm³/mol. The smallest absolute Gasteiger partial charge is 0.306 e. The zero-order chi connectivity index (χ0) is 14.4. The fraction of sp³-hybridized carbons (Fsp3) is 0.727. The van der Waals surface area contributed by atoms with Gasteiger partial charge in [-0.3, -0.25) is 14.8 Å². The van der Waals surface area contributed by atoms with Crippen LogP contribution >= 0.6 is 0 Å². The van der Waals surface area contributed by atoms with Crippen LogP contribution in [0.3, 0.4) is 0 Å². The molecule has 0 aliphatic carbocycles. The Kier molecular flexibility index (Phi) is 5.87. The average molecular weight is 272 g/mol. The minimum absolute atomic E-state index is 0.00235. The number of aliphatic hydroxyl groups is 2.